The number of nitrogens with one attached hydrogen (secondary N) is 2. The summed E-state index contributed by atoms with van der Waals surface area (Å²) >= 11 is 0. The molecule has 1 unspecified atom stereocenters. The molecule has 4 nitrogen and oxygen atoms in total. The molecule has 0 heterocycles. The molecule has 0 aromatic heterocycles. The van der Waals surface area contributed by atoms with Gasteiger partial charge in [-0.3, -0.25) is 4.79 Å². The topological polar surface area (TPSA) is 50.4 Å². The second kappa shape index (κ2) is 6.80. The Balaban J connectivity index is 3.81. The first-order valence-electron chi connectivity index (χ1n) is 5.42. The maximum Gasteiger partial charge on any atom is 0.234 e. The minimum Gasteiger partial charge on any atom is -0.383 e. The summed E-state index contributed by atoms with van der Waals surface area (Å²) in [5.41, 5.74) is -0.0275. The summed E-state index contributed by atoms with van der Waals surface area (Å²) in [6, 6.07) is 0.115. The van der Waals surface area contributed by atoms with Crippen LogP contribution in [0.15, 0.2) is 0 Å². The molecule has 1 amide bonds. The van der Waals surface area contributed by atoms with Crippen molar-refractivity contribution in [2.75, 3.05) is 20.3 Å². The van der Waals surface area contributed by atoms with Gasteiger partial charge in [0.1, 0.15) is 0 Å². The highest BCUT2D eigenvalue weighted by atomic mass is 16.5. The van der Waals surface area contributed by atoms with Crippen molar-refractivity contribution in [1.82, 2.24) is 10.6 Å². The quantitative estimate of drug-likeness (QED) is 0.694. The Labute approximate surface area is 92.8 Å². The molecule has 0 aliphatic carbocycles. The monoisotopic (exact) mass is 216 g/mol. The molecule has 2 N–H and O–H groups in total. The molecular formula is C11H24N2O2. The van der Waals surface area contributed by atoms with Crippen LogP contribution in [0.2, 0.25) is 0 Å². The van der Waals surface area contributed by atoms with E-state index >= 15 is 0 Å². The van der Waals surface area contributed by atoms with Crippen molar-refractivity contribution in [2.45, 2.75) is 45.7 Å². The average Bonchev–Trinajstić information content (AvgIpc) is 2.13. The van der Waals surface area contributed by atoms with E-state index in [9.17, 15) is 4.79 Å². The first kappa shape index (κ1) is 14.4. The molecule has 0 rings (SSSR count). The van der Waals surface area contributed by atoms with Crippen molar-refractivity contribution < 1.29 is 9.53 Å². The highest BCUT2D eigenvalue weighted by Crippen LogP contribution is 1.97. The molecule has 0 aromatic rings. The van der Waals surface area contributed by atoms with E-state index in [0.717, 1.165) is 6.42 Å². The summed E-state index contributed by atoms with van der Waals surface area (Å²) in [6.07, 6.45) is 0.884. The number of hydrogen-bond donors (Lipinski definition) is 2. The van der Waals surface area contributed by atoms with Crippen LogP contribution in [-0.4, -0.2) is 37.7 Å². The van der Waals surface area contributed by atoms with E-state index in [1.54, 1.807) is 7.11 Å². The molecule has 0 saturated heterocycles. The van der Waals surface area contributed by atoms with Crippen molar-refractivity contribution in [1.29, 1.82) is 0 Å². The molecule has 1 atom stereocenters. The van der Waals surface area contributed by atoms with E-state index in [-0.39, 0.29) is 17.5 Å². The second-order valence-electron chi connectivity index (χ2n) is 4.73. The highest BCUT2D eigenvalue weighted by Gasteiger charge is 2.13. The number of carbonyl (C=O) groups excluding carboxylic acids is 1. The predicted octanol–water partition coefficient (Wildman–Crippen LogP) is 0.916. The average molecular weight is 216 g/mol. The lowest BCUT2D eigenvalue weighted by Crippen LogP contribution is -2.46. The van der Waals surface area contributed by atoms with Crippen LogP contribution in [-0.2, 0) is 9.53 Å². The smallest absolute Gasteiger partial charge is 0.234 e. The standard InChI is InChI=1S/C11H24N2O2/c1-6-9(8-15-5)13-10(14)7-12-11(2,3)4/h9,12H,6-8H2,1-5H3,(H,13,14). The number of methoxy groups -OCH3 is 1. The lowest BCUT2D eigenvalue weighted by atomic mass is 10.1. The van der Waals surface area contributed by atoms with Gasteiger partial charge in [0.15, 0.2) is 0 Å². The van der Waals surface area contributed by atoms with Crippen LogP contribution in [0.25, 0.3) is 0 Å². The molecule has 0 fully saturated rings. The highest BCUT2D eigenvalue weighted by molar-refractivity contribution is 5.78. The second-order valence-corrected chi connectivity index (χ2v) is 4.73. The molecule has 0 aliphatic heterocycles. The maximum atomic E-state index is 11.5. The third-order valence-electron chi connectivity index (χ3n) is 2.01. The number of rotatable bonds is 6. The van der Waals surface area contributed by atoms with Crippen LogP contribution >= 0.6 is 0 Å². The van der Waals surface area contributed by atoms with Gasteiger partial charge >= 0.3 is 0 Å². The molecule has 90 valence electrons. The Morgan fingerprint density at radius 1 is 1.40 bits per heavy atom. The van der Waals surface area contributed by atoms with E-state index < -0.39 is 0 Å². The third kappa shape index (κ3) is 8.39. The van der Waals surface area contributed by atoms with E-state index in [2.05, 4.69) is 10.6 Å². The van der Waals surface area contributed by atoms with Gasteiger partial charge in [-0.2, -0.15) is 0 Å². The number of amides is 1. The van der Waals surface area contributed by atoms with Gasteiger partial charge in [0.2, 0.25) is 5.91 Å². The first-order valence-corrected chi connectivity index (χ1v) is 5.42. The van der Waals surface area contributed by atoms with Crippen LogP contribution in [0, 0.1) is 0 Å². The van der Waals surface area contributed by atoms with Gasteiger partial charge in [-0.05, 0) is 27.2 Å². The minimum atomic E-state index is -0.0275. The van der Waals surface area contributed by atoms with Gasteiger partial charge < -0.3 is 15.4 Å². The van der Waals surface area contributed by atoms with Crippen LogP contribution in [0.5, 0.6) is 0 Å². The summed E-state index contributed by atoms with van der Waals surface area (Å²) < 4.78 is 5.01. The molecule has 0 saturated carbocycles. The Bertz CT molecular complexity index is 188. The zero-order valence-corrected chi connectivity index (χ0v) is 10.5. The molecule has 0 bridgehead atoms. The maximum absolute atomic E-state index is 11.5. The Hall–Kier alpha value is -0.610. The largest absolute Gasteiger partial charge is 0.383 e. The summed E-state index contributed by atoms with van der Waals surface area (Å²) in [4.78, 5) is 11.5. The molecule has 0 aromatic carbocycles. The molecular weight excluding hydrogens is 192 g/mol. The van der Waals surface area contributed by atoms with Crippen molar-refractivity contribution in [3.05, 3.63) is 0 Å². The number of hydrogen-bond acceptors (Lipinski definition) is 3. The fourth-order valence-corrected chi connectivity index (χ4v) is 1.09. The van der Waals surface area contributed by atoms with Crippen LogP contribution in [0.1, 0.15) is 34.1 Å². The van der Waals surface area contributed by atoms with Crippen molar-refractivity contribution in [2.24, 2.45) is 0 Å². The normalized spacial score (nSPS) is 13.7. The summed E-state index contributed by atoms with van der Waals surface area (Å²) in [6.45, 7) is 9.05. The molecule has 4 heteroatoms. The summed E-state index contributed by atoms with van der Waals surface area (Å²) in [5, 5.41) is 6.05. The summed E-state index contributed by atoms with van der Waals surface area (Å²) in [5.74, 6) is 0.0221. The molecule has 0 aliphatic rings. The Morgan fingerprint density at radius 2 is 2.00 bits per heavy atom. The van der Waals surface area contributed by atoms with Gasteiger partial charge in [0.25, 0.3) is 0 Å². The van der Waals surface area contributed by atoms with Crippen molar-refractivity contribution >= 4 is 5.91 Å². The van der Waals surface area contributed by atoms with Gasteiger partial charge in [0.05, 0.1) is 19.2 Å². The summed E-state index contributed by atoms with van der Waals surface area (Å²) in [7, 11) is 1.64. The fraction of sp³-hybridized carbons (Fsp3) is 0.909. The van der Waals surface area contributed by atoms with E-state index in [4.69, 9.17) is 4.74 Å². The molecule has 0 radical (unpaired) electrons. The van der Waals surface area contributed by atoms with Crippen molar-refractivity contribution in [3.8, 4) is 0 Å². The lowest BCUT2D eigenvalue weighted by Gasteiger charge is -2.21. The SMILES string of the molecule is CCC(COC)NC(=O)CNC(C)(C)C. The van der Waals surface area contributed by atoms with E-state index in [0.29, 0.717) is 13.2 Å². The predicted molar refractivity (Wildman–Crippen MR) is 61.9 cm³/mol. The van der Waals surface area contributed by atoms with Gasteiger partial charge in [-0.25, -0.2) is 0 Å². The van der Waals surface area contributed by atoms with Crippen LogP contribution < -0.4 is 10.6 Å². The minimum absolute atomic E-state index is 0.0221. The third-order valence-corrected chi connectivity index (χ3v) is 2.01. The first-order chi connectivity index (χ1) is 6.89. The number of ether oxygens (including phenoxy) is 1. The fourth-order valence-electron chi connectivity index (χ4n) is 1.09. The zero-order valence-electron chi connectivity index (χ0n) is 10.5. The molecule has 15 heavy (non-hydrogen) atoms. The Kier molecular flexibility index (Phi) is 6.52. The van der Waals surface area contributed by atoms with E-state index in [1.807, 2.05) is 27.7 Å². The zero-order chi connectivity index (χ0) is 11.9. The van der Waals surface area contributed by atoms with Crippen LogP contribution in [0.4, 0.5) is 0 Å². The van der Waals surface area contributed by atoms with E-state index in [1.165, 1.54) is 0 Å². The Morgan fingerprint density at radius 3 is 2.40 bits per heavy atom. The van der Waals surface area contributed by atoms with Gasteiger partial charge in [-0.15, -0.1) is 0 Å². The van der Waals surface area contributed by atoms with Gasteiger partial charge in [-0.1, -0.05) is 6.92 Å². The lowest BCUT2D eigenvalue weighted by molar-refractivity contribution is -0.121. The van der Waals surface area contributed by atoms with Crippen molar-refractivity contribution in [3.63, 3.8) is 0 Å². The van der Waals surface area contributed by atoms with Crippen LogP contribution in [0.3, 0.4) is 0 Å². The van der Waals surface area contributed by atoms with Gasteiger partial charge in [0, 0.05) is 12.6 Å². The number of carbonyl (C=O) groups is 1. The molecule has 0 spiro atoms.